The van der Waals surface area contributed by atoms with Gasteiger partial charge in [0.15, 0.2) is 0 Å². The first-order valence-corrected chi connectivity index (χ1v) is 7.77. The molecule has 2 aliphatic heterocycles. The van der Waals surface area contributed by atoms with Crippen LogP contribution >= 0.6 is 0 Å². The van der Waals surface area contributed by atoms with Crippen molar-refractivity contribution in [2.24, 2.45) is 0 Å². The van der Waals surface area contributed by atoms with E-state index in [0.29, 0.717) is 6.61 Å². The third-order valence-electron chi connectivity index (χ3n) is 4.41. The van der Waals surface area contributed by atoms with E-state index in [4.69, 9.17) is 9.47 Å². The summed E-state index contributed by atoms with van der Waals surface area (Å²) in [7, 11) is 1.62. The van der Waals surface area contributed by atoms with Crippen LogP contribution < -0.4 is 5.32 Å². The Morgan fingerprint density at radius 2 is 2.50 bits per heavy atom. The maximum atomic E-state index is 11.2. The fraction of sp³-hybridized carbons (Fsp3) is 0.625. The predicted molar refractivity (Wildman–Crippen MR) is 81.2 cm³/mol. The van der Waals surface area contributed by atoms with Crippen LogP contribution in [0.5, 0.6) is 0 Å². The van der Waals surface area contributed by atoms with Crippen LogP contribution in [0, 0.1) is 0 Å². The molecule has 6 nitrogen and oxygen atoms in total. The summed E-state index contributed by atoms with van der Waals surface area (Å²) in [6, 6.07) is 6.00. The average molecular weight is 305 g/mol. The fourth-order valence-electron chi connectivity index (χ4n) is 3.24. The molecule has 2 saturated heterocycles. The number of likely N-dealkylation sites (tertiary alicyclic amines) is 1. The normalized spacial score (nSPS) is 28.3. The van der Waals surface area contributed by atoms with Crippen molar-refractivity contribution < 1.29 is 14.3 Å². The van der Waals surface area contributed by atoms with Crippen LogP contribution in [0.1, 0.15) is 18.5 Å². The van der Waals surface area contributed by atoms with Crippen molar-refractivity contribution in [2.75, 3.05) is 33.4 Å². The molecule has 1 aromatic rings. The molecule has 0 aliphatic carbocycles. The van der Waals surface area contributed by atoms with Gasteiger partial charge in [-0.3, -0.25) is 14.7 Å². The highest BCUT2D eigenvalue weighted by Gasteiger charge is 2.45. The number of ether oxygens (including phenoxy) is 2. The summed E-state index contributed by atoms with van der Waals surface area (Å²) in [5.41, 5.74) is 0.979. The molecule has 0 bridgehead atoms. The van der Waals surface area contributed by atoms with Gasteiger partial charge in [0, 0.05) is 39.3 Å². The lowest BCUT2D eigenvalue weighted by atomic mass is 9.98. The quantitative estimate of drug-likeness (QED) is 0.862. The summed E-state index contributed by atoms with van der Waals surface area (Å²) in [5, 5.41) is 2.56. The van der Waals surface area contributed by atoms with Gasteiger partial charge in [-0.2, -0.15) is 0 Å². The molecule has 2 aliphatic rings. The summed E-state index contributed by atoms with van der Waals surface area (Å²) in [4.78, 5) is 18.0. The van der Waals surface area contributed by atoms with Crippen LogP contribution in [-0.2, 0) is 20.8 Å². The number of carbonyl (C=O) groups is 1. The van der Waals surface area contributed by atoms with E-state index in [1.165, 1.54) is 0 Å². The van der Waals surface area contributed by atoms with E-state index in [1.807, 2.05) is 18.3 Å². The minimum absolute atomic E-state index is 0.0205. The van der Waals surface area contributed by atoms with Gasteiger partial charge in [-0.05, 0) is 18.6 Å². The Morgan fingerprint density at radius 3 is 3.27 bits per heavy atom. The van der Waals surface area contributed by atoms with Gasteiger partial charge in [0.1, 0.15) is 6.61 Å². The van der Waals surface area contributed by atoms with Crippen molar-refractivity contribution in [3.8, 4) is 0 Å². The lowest BCUT2D eigenvalue weighted by molar-refractivity contribution is -0.127. The first-order chi connectivity index (χ1) is 10.7. The third kappa shape index (κ3) is 3.63. The summed E-state index contributed by atoms with van der Waals surface area (Å²) < 4.78 is 11.7. The van der Waals surface area contributed by atoms with E-state index < -0.39 is 0 Å². The van der Waals surface area contributed by atoms with Crippen LogP contribution in [0.2, 0.25) is 0 Å². The average Bonchev–Trinajstić information content (AvgIpc) is 3.13. The predicted octanol–water partition coefficient (Wildman–Crippen LogP) is 0.578. The smallest absolute Gasteiger partial charge is 0.245 e. The molecule has 0 aromatic carbocycles. The molecular weight excluding hydrogens is 282 g/mol. The standard InChI is InChI=1S/C16H23N3O3/c1-17-15(20)11-21-14-8-16(22-10-14)5-7-19(12-16)9-13-4-2-3-6-18-13/h2-4,6,14H,5,7-12H2,1H3,(H,17,20)/t14-,16+/m0/s1. The lowest BCUT2D eigenvalue weighted by Crippen LogP contribution is -2.33. The second-order valence-corrected chi connectivity index (χ2v) is 6.09. The van der Waals surface area contributed by atoms with E-state index in [2.05, 4.69) is 21.3 Å². The molecule has 2 fully saturated rings. The Bertz CT molecular complexity index is 511. The molecule has 0 radical (unpaired) electrons. The molecule has 3 heterocycles. The second kappa shape index (κ2) is 6.73. The lowest BCUT2D eigenvalue weighted by Gasteiger charge is -2.23. The summed E-state index contributed by atoms with van der Waals surface area (Å²) in [6.45, 7) is 3.46. The van der Waals surface area contributed by atoms with E-state index in [1.54, 1.807) is 7.05 Å². The van der Waals surface area contributed by atoms with Crippen LogP contribution in [-0.4, -0.2) is 60.8 Å². The number of amides is 1. The van der Waals surface area contributed by atoms with Crippen LogP contribution in [0.4, 0.5) is 0 Å². The van der Waals surface area contributed by atoms with E-state index in [0.717, 1.165) is 38.2 Å². The topological polar surface area (TPSA) is 63.7 Å². The Kier molecular flexibility index (Phi) is 4.71. The number of hydrogen-bond donors (Lipinski definition) is 1. The van der Waals surface area contributed by atoms with E-state index in [-0.39, 0.29) is 24.2 Å². The Balaban J connectivity index is 1.49. The van der Waals surface area contributed by atoms with Crippen molar-refractivity contribution in [3.05, 3.63) is 30.1 Å². The first-order valence-electron chi connectivity index (χ1n) is 7.77. The number of rotatable bonds is 5. The minimum atomic E-state index is -0.109. The van der Waals surface area contributed by atoms with Crippen LogP contribution in [0.15, 0.2) is 24.4 Å². The molecule has 0 saturated carbocycles. The Morgan fingerprint density at radius 1 is 1.59 bits per heavy atom. The number of pyridine rings is 1. The van der Waals surface area contributed by atoms with Gasteiger partial charge in [0.25, 0.3) is 0 Å². The van der Waals surface area contributed by atoms with E-state index >= 15 is 0 Å². The summed E-state index contributed by atoms with van der Waals surface area (Å²) in [5.74, 6) is -0.0934. The van der Waals surface area contributed by atoms with Gasteiger partial charge in [-0.25, -0.2) is 0 Å². The molecule has 1 N–H and O–H groups in total. The van der Waals surface area contributed by atoms with Gasteiger partial charge < -0.3 is 14.8 Å². The van der Waals surface area contributed by atoms with Gasteiger partial charge in [0.05, 0.1) is 24.0 Å². The number of nitrogens with zero attached hydrogens (tertiary/aromatic N) is 2. The first kappa shape index (κ1) is 15.4. The van der Waals surface area contributed by atoms with Crippen molar-refractivity contribution in [1.82, 2.24) is 15.2 Å². The summed E-state index contributed by atoms with van der Waals surface area (Å²) in [6.07, 6.45) is 3.73. The largest absolute Gasteiger partial charge is 0.371 e. The van der Waals surface area contributed by atoms with E-state index in [9.17, 15) is 4.79 Å². The minimum Gasteiger partial charge on any atom is -0.371 e. The SMILES string of the molecule is CNC(=O)CO[C@@H]1CO[C@]2(CCN(Cc3ccccn3)C2)C1. The highest BCUT2D eigenvalue weighted by atomic mass is 16.6. The van der Waals surface area contributed by atoms with Gasteiger partial charge in [0.2, 0.25) is 5.91 Å². The zero-order valence-corrected chi connectivity index (χ0v) is 13.0. The highest BCUT2D eigenvalue weighted by molar-refractivity contribution is 5.76. The second-order valence-electron chi connectivity index (χ2n) is 6.09. The highest BCUT2D eigenvalue weighted by Crippen LogP contribution is 2.36. The van der Waals surface area contributed by atoms with Crippen molar-refractivity contribution >= 4 is 5.91 Å². The maximum absolute atomic E-state index is 11.2. The van der Waals surface area contributed by atoms with Crippen LogP contribution in [0.3, 0.4) is 0 Å². The molecule has 1 aromatic heterocycles. The van der Waals surface area contributed by atoms with Crippen LogP contribution in [0.25, 0.3) is 0 Å². The molecule has 3 rings (SSSR count). The van der Waals surface area contributed by atoms with Crippen molar-refractivity contribution in [1.29, 1.82) is 0 Å². The van der Waals surface area contributed by atoms with Gasteiger partial charge in [-0.1, -0.05) is 6.07 Å². The fourth-order valence-corrected chi connectivity index (χ4v) is 3.24. The van der Waals surface area contributed by atoms with Crippen molar-refractivity contribution in [2.45, 2.75) is 31.1 Å². The third-order valence-corrected chi connectivity index (χ3v) is 4.41. The molecule has 6 heteroatoms. The molecule has 22 heavy (non-hydrogen) atoms. The molecule has 0 unspecified atom stereocenters. The Hall–Kier alpha value is -1.50. The molecule has 2 atom stereocenters. The zero-order chi connectivity index (χ0) is 15.4. The number of aromatic nitrogens is 1. The van der Waals surface area contributed by atoms with Crippen molar-refractivity contribution in [3.63, 3.8) is 0 Å². The molecule has 120 valence electrons. The molecule has 1 spiro atoms. The maximum Gasteiger partial charge on any atom is 0.245 e. The summed E-state index contributed by atoms with van der Waals surface area (Å²) >= 11 is 0. The van der Waals surface area contributed by atoms with Gasteiger partial charge in [-0.15, -0.1) is 0 Å². The number of hydrogen-bond acceptors (Lipinski definition) is 5. The molecule has 1 amide bonds. The molecular formula is C16H23N3O3. The number of nitrogens with one attached hydrogen (secondary N) is 1. The number of likely N-dealkylation sites (N-methyl/N-ethyl adjacent to an activating group) is 1. The van der Waals surface area contributed by atoms with Gasteiger partial charge >= 0.3 is 0 Å². The zero-order valence-electron chi connectivity index (χ0n) is 13.0. The Labute approximate surface area is 130 Å². The monoisotopic (exact) mass is 305 g/mol. The number of carbonyl (C=O) groups excluding carboxylic acids is 1.